The summed E-state index contributed by atoms with van der Waals surface area (Å²) in [6.07, 6.45) is 3.15. The highest BCUT2D eigenvalue weighted by Gasteiger charge is 2.20. The van der Waals surface area contributed by atoms with Gasteiger partial charge in [0.15, 0.2) is 28.9 Å². The summed E-state index contributed by atoms with van der Waals surface area (Å²) in [6.45, 7) is 0. The lowest BCUT2D eigenvalue weighted by Gasteiger charge is -2.15. The van der Waals surface area contributed by atoms with Gasteiger partial charge < -0.3 is 20.7 Å². The van der Waals surface area contributed by atoms with E-state index >= 15 is 0 Å². The van der Waals surface area contributed by atoms with Crippen LogP contribution >= 0.6 is 0 Å². The van der Waals surface area contributed by atoms with Crippen LogP contribution in [0, 0.1) is 5.82 Å². The standard InChI is InChI=1S/C21H20FN9O2/c1-23-21(32)17-15(10-16(28-29-17)26-13-6-4-12(22)5-7-13)27-20-18(33-3)14(8-9-24-20)19-25-11-31(2)30-19/h4-11H,1-3H3,(H,23,32)(H2,24,26,27,28). The molecule has 0 saturated heterocycles. The van der Waals surface area contributed by atoms with Crippen LogP contribution in [0.5, 0.6) is 5.75 Å². The Labute approximate surface area is 188 Å². The predicted octanol–water partition coefficient (Wildman–Crippen LogP) is 2.66. The van der Waals surface area contributed by atoms with Crippen LogP contribution in [0.4, 0.5) is 27.4 Å². The van der Waals surface area contributed by atoms with Crippen molar-refractivity contribution >= 4 is 28.9 Å². The fraction of sp³-hybridized carbons (Fsp3) is 0.143. The summed E-state index contributed by atoms with van der Waals surface area (Å²) in [6, 6.07) is 9.08. The van der Waals surface area contributed by atoms with Crippen LogP contribution in [0.3, 0.4) is 0 Å². The molecule has 3 N–H and O–H groups in total. The number of rotatable bonds is 7. The number of anilines is 4. The molecule has 0 fully saturated rings. The molecule has 3 heterocycles. The molecule has 11 nitrogen and oxygen atoms in total. The molecule has 0 aliphatic heterocycles. The third-order valence-corrected chi connectivity index (χ3v) is 4.55. The van der Waals surface area contributed by atoms with E-state index < -0.39 is 5.91 Å². The van der Waals surface area contributed by atoms with E-state index in [0.717, 1.165) is 0 Å². The predicted molar refractivity (Wildman–Crippen MR) is 119 cm³/mol. The van der Waals surface area contributed by atoms with E-state index in [9.17, 15) is 9.18 Å². The Morgan fingerprint density at radius 2 is 1.88 bits per heavy atom. The second kappa shape index (κ2) is 9.26. The molecule has 0 bridgehead atoms. The highest BCUT2D eigenvalue weighted by molar-refractivity contribution is 5.98. The number of aromatic nitrogens is 6. The summed E-state index contributed by atoms with van der Waals surface area (Å²) in [5, 5.41) is 21.1. The van der Waals surface area contributed by atoms with Gasteiger partial charge in [-0.25, -0.2) is 14.4 Å². The highest BCUT2D eigenvalue weighted by Crippen LogP contribution is 2.35. The second-order valence-corrected chi connectivity index (χ2v) is 6.81. The molecule has 168 valence electrons. The van der Waals surface area contributed by atoms with Gasteiger partial charge >= 0.3 is 0 Å². The van der Waals surface area contributed by atoms with E-state index in [1.807, 2.05) is 0 Å². The van der Waals surface area contributed by atoms with Crippen molar-refractivity contribution < 1.29 is 13.9 Å². The van der Waals surface area contributed by atoms with Crippen LogP contribution in [0.1, 0.15) is 10.5 Å². The molecule has 1 amide bonds. The van der Waals surface area contributed by atoms with Crippen molar-refractivity contribution in [3.63, 3.8) is 0 Å². The van der Waals surface area contributed by atoms with E-state index in [2.05, 4.69) is 41.2 Å². The maximum atomic E-state index is 13.2. The first-order valence-corrected chi connectivity index (χ1v) is 9.77. The minimum absolute atomic E-state index is 0.0485. The van der Waals surface area contributed by atoms with Crippen LogP contribution in [0.15, 0.2) is 48.9 Å². The topological polar surface area (TPSA) is 132 Å². The van der Waals surface area contributed by atoms with Crippen molar-refractivity contribution in [2.45, 2.75) is 0 Å². The monoisotopic (exact) mass is 449 g/mol. The van der Waals surface area contributed by atoms with Crippen molar-refractivity contribution in [3.8, 4) is 17.1 Å². The summed E-state index contributed by atoms with van der Waals surface area (Å²) in [5.41, 5.74) is 1.59. The molecule has 0 spiro atoms. The molecule has 4 rings (SSSR count). The highest BCUT2D eigenvalue weighted by atomic mass is 19.1. The lowest BCUT2D eigenvalue weighted by atomic mass is 10.2. The third kappa shape index (κ3) is 4.69. The Morgan fingerprint density at radius 3 is 2.55 bits per heavy atom. The maximum absolute atomic E-state index is 13.2. The van der Waals surface area contributed by atoms with Crippen molar-refractivity contribution in [3.05, 3.63) is 60.4 Å². The van der Waals surface area contributed by atoms with Crippen LogP contribution < -0.4 is 20.7 Å². The molecule has 33 heavy (non-hydrogen) atoms. The summed E-state index contributed by atoms with van der Waals surface area (Å²) in [7, 11) is 4.75. The molecule has 0 saturated carbocycles. The number of carbonyl (C=O) groups is 1. The number of hydrogen-bond acceptors (Lipinski definition) is 9. The largest absolute Gasteiger partial charge is 0.492 e. The smallest absolute Gasteiger partial charge is 0.273 e. The number of pyridine rings is 1. The number of carbonyl (C=O) groups excluding carboxylic acids is 1. The first-order valence-electron chi connectivity index (χ1n) is 9.77. The SMILES string of the molecule is CNC(=O)c1nnc(Nc2ccc(F)cc2)cc1Nc1nccc(-c2ncn(C)n2)c1OC. The van der Waals surface area contributed by atoms with Gasteiger partial charge in [0.2, 0.25) is 0 Å². The van der Waals surface area contributed by atoms with Gasteiger partial charge in [-0.15, -0.1) is 10.2 Å². The molecule has 0 radical (unpaired) electrons. The van der Waals surface area contributed by atoms with Crippen LogP contribution in [0.2, 0.25) is 0 Å². The molecule has 0 aliphatic carbocycles. The van der Waals surface area contributed by atoms with Crippen molar-refractivity contribution in [2.75, 3.05) is 24.8 Å². The van der Waals surface area contributed by atoms with Crippen molar-refractivity contribution in [2.24, 2.45) is 7.05 Å². The number of halogens is 1. The van der Waals surface area contributed by atoms with Gasteiger partial charge in [-0.05, 0) is 30.3 Å². The van der Waals surface area contributed by atoms with Gasteiger partial charge in [0, 0.05) is 32.0 Å². The average Bonchev–Trinajstić information content (AvgIpc) is 3.26. The normalized spacial score (nSPS) is 10.5. The van der Waals surface area contributed by atoms with Gasteiger partial charge in [0.25, 0.3) is 5.91 Å². The zero-order valence-corrected chi connectivity index (χ0v) is 18.0. The molecule has 3 aromatic heterocycles. The van der Waals surface area contributed by atoms with E-state index in [-0.39, 0.29) is 11.5 Å². The van der Waals surface area contributed by atoms with Crippen molar-refractivity contribution in [1.82, 2.24) is 35.3 Å². The lowest BCUT2D eigenvalue weighted by Crippen LogP contribution is -2.21. The first kappa shape index (κ1) is 21.6. The number of aryl methyl sites for hydroxylation is 1. The third-order valence-electron chi connectivity index (χ3n) is 4.55. The Hall–Kier alpha value is -4.61. The van der Waals surface area contributed by atoms with Crippen LogP contribution in [-0.4, -0.2) is 50.0 Å². The number of ether oxygens (including phenoxy) is 1. The zero-order chi connectivity index (χ0) is 23.4. The van der Waals surface area contributed by atoms with E-state index in [1.54, 1.807) is 48.5 Å². The Balaban J connectivity index is 1.73. The molecule has 12 heteroatoms. The van der Waals surface area contributed by atoms with E-state index in [4.69, 9.17) is 4.74 Å². The van der Waals surface area contributed by atoms with Crippen LogP contribution in [0.25, 0.3) is 11.4 Å². The number of nitrogens with one attached hydrogen (secondary N) is 3. The molecular weight excluding hydrogens is 429 g/mol. The fourth-order valence-corrected chi connectivity index (χ4v) is 3.03. The number of nitrogens with zero attached hydrogens (tertiary/aromatic N) is 6. The van der Waals surface area contributed by atoms with Gasteiger partial charge in [0.1, 0.15) is 12.1 Å². The number of methoxy groups -OCH3 is 1. The van der Waals surface area contributed by atoms with Crippen molar-refractivity contribution in [1.29, 1.82) is 0 Å². The summed E-state index contributed by atoms with van der Waals surface area (Å²) in [5.74, 6) is 0.699. The fourth-order valence-electron chi connectivity index (χ4n) is 3.03. The Kier molecular flexibility index (Phi) is 6.06. The average molecular weight is 449 g/mol. The second-order valence-electron chi connectivity index (χ2n) is 6.81. The molecular formula is C21H20FN9O2. The van der Waals surface area contributed by atoms with Gasteiger partial charge in [-0.3, -0.25) is 9.48 Å². The number of hydrogen-bond donors (Lipinski definition) is 3. The van der Waals surface area contributed by atoms with Crippen LogP contribution in [-0.2, 0) is 7.05 Å². The summed E-state index contributed by atoms with van der Waals surface area (Å²) >= 11 is 0. The Morgan fingerprint density at radius 1 is 1.09 bits per heavy atom. The van der Waals surface area contributed by atoms with E-state index in [0.29, 0.717) is 40.1 Å². The summed E-state index contributed by atoms with van der Waals surface area (Å²) < 4.78 is 20.4. The molecule has 4 aromatic rings. The molecule has 0 atom stereocenters. The number of benzene rings is 1. The zero-order valence-electron chi connectivity index (χ0n) is 18.0. The molecule has 0 aliphatic rings. The number of amides is 1. The van der Waals surface area contributed by atoms with E-state index in [1.165, 1.54) is 26.3 Å². The first-order chi connectivity index (χ1) is 16.0. The Bertz CT molecular complexity index is 1290. The minimum atomic E-state index is -0.445. The van der Waals surface area contributed by atoms with Gasteiger partial charge in [-0.1, -0.05) is 0 Å². The molecule has 1 aromatic carbocycles. The van der Waals surface area contributed by atoms with Gasteiger partial charge in [0.05, 0.1) is 18.4 Å². The molecule has 0 unspecified atom stereocenters. The summed E-state index contributed by atoms with van der Waals surface area (Å²) in [4.78, 5) is 21.0. The quantitative estimate of drug-likeness (QED) is 0.389. The minimum Gasteiger partial charge on any atom is -0.492 e. The maximum Gasteiger partial charge on any atom is 0.273 e. The lowest BCUT2D eigenvalue weighted by molar-refractivity contribution is 0.0958. The van der Waals surface area contributed by atoms with Gasteiger partial charge in [-0.2, -0.15) is 5.10 Å².